The Kier molecular flexibility index (Phi) is 6.35. The standard InChI is InChI=1S/C28H44O2/c1-20-9-10-21(2)22(19-20)11-16-26(5,29)17-12-24-27(6)15-8-14-25(3,4)23(27)13-18-28(24,7)30/h9-11,16,19,23-24,29-30H,8,12-15,17-18H2,1-7H3/b16-11+/t23-,24+,26-,27-,28+/m0/s1. The highest BCUT2D eigenvalue weighted by Gasteiger charge is 2.57. The minimum Gasteiger partial charge on any atom is -0.390 e. The third-order valence-corrected chi connectivity index (χ3v) is 8.76. The first-order valence-electron chi connectivity index (χ1n) is 12.0. The van der Waals surface area contributed by atoms with Crippen molar-refractivity contribution in [1.29, 1.82) is 0 Å². The van der Waals surface area contributed by atoms with Gasteiger partial charge in [0.2, 0.25) is 0 Å². The summed E-state index contributed by atoms with van der Waals surface area (Å²) in [4.78, 5) is 0. The molecule has 0 heterocycles. The molecule has 2 fully saturated rings. The lowest BCUT2D eigenvalue weighted by Crippen LogP contribution is -2.57. The van der Waals surface area contributed by atoms with Crippen LogP contribution < -0.4 is 0 Å². The van der Waals surface area contributed by atoms with E-state index >= 15 is 0 Å². The quantitative estimate of drug-likeness (QED) is 0.556. The largest absolute Gasteiger partial charge is 0.390 e. The molecule has 0 spiro atoms. The van der Waals surface area contributed by atoms with Gasteiger partial charge >= 0.3 is 0 Å². The predicted molar refractivity (Wildman–Crippen MR) is 127 cm³/mol. The first kappa shape index (κ1) is 23.5. The van der Waals surface area contributed by atoms with Gasteiger partial charge in [-0.25, -0.2) is 0 Å². The molecule has 2 nitrogen and oxygen atoms in total. The maximum atomic E-state index is 11.4. The minimum atomic E-state index is -0.875. The van der Waals surface area contributed by atoms with Crippen LogP contribution in [0.2, 0.25) is 0 Å². The Morgan fingerprint density at radius 1 is 1.10 bits per heavy atom. The Morgan fingerprint density at radius 2 is 1.80 bits per heavy atom. The number of hydrogen-bond donors (Lipinski definition) is 2. The maximum Gasteiger partial charge on any atom is 0.0803 e. The zero-order valence-electron chi connectivity index (χ0n) is 20.4. The lowest BCUT2D eigenvalue weighted by molar-refractivity contribution is -0.171. The molecule has 0 aliphatic heterocycles. The molecule has 2 saturated carbocycles. The molecular formula is C28H44O2. The smallest absolute Gasteiger partial charge is 0.0803 e. The first-order valence-corrected chi connectivity index (χ1v) is 12.0. The summed E-state index contributed by atoms with van der Waals surface area (Å²) < 4.78 is 0. The van der Waals surface area contributed by atoms with E-state index in [-0.39, 0.29) is 11.3 Å². The molecule has 30 heavy (non-hydrogen) atoms. The molecule has 0 radical (unpaired) electrons. The fraction of sp³-hybridized carbons (Fsp3) is 0.714. The molecule has 5 atom stereocenters. The zero-order chi connectivity index (χ0) is 22.4. The van der Waals surface area contributed by atoms with Crippen LogP contribution in [0.4, 0.5) is 0 Å². The molecule has 2 N–H and O–H groups in total. The summed E-state index contributed by atoms with van der Waals surface area (Å²) in [5, 5.41) is 22.5. The topological polar surface area (TPSA) is 40.5 Å². The number of benzene rings is 1. The van der Waals surface area contributed by atoms with Crippen molar-refractivity contribution in [3.63, 3.8) is 0 Å². The van der Waals surface area contributed by atoms with Gasteiger partial charge in [-0.15, -0.1) is 0 Å². The van der Waals surface area contributed by atoms with Crippen molar-refractivity contribution in [3.8, 4) is 0 Å². The normalized spacial score (nSPS) is 35.8. The van der Waals surface area contributed by atoms with Gasteiger partial charge in [0.05, 0.1) is 11.2 Å². The summed E-state index contributed by atoms with van der Waals surface area (Å²) >= 11 is 0. The van der Waals surface area contributed by atoms with Crippen LogP contribution in [0.1, 0.15) is 96.3 Å². The van der Waals surface area contributed by atoms with E-state index < -0.39 is 11.2 Å². The molecule has 1 aromatic rings. The molecule has 2 aliphatic carbocycles. The van der Waals surface area contributed by atoms with Gasteiger partial charge in [0.1, 0.15) is 0 Å². The van der Waals surface area contributed by atoms with Crippen LogP contribution in [-0.2, 0) is 0 Å². The predicted octanol–water partition coefficient (Wildman–Crippen LogP) is 6.84. The lowest BCUT2D eigenvalue weighted by Gasteiger charge is -2.61. The van der Waals surface area contributed by atoms with Gasteiger partial charge in [-0.2, -0.15) is 0 Å². The van der Waals surface area contributed by atoms with Gasteiger partial charge in [-0.3, -0.25) is 0 Å². The van der Waals surface area contributed by atoms with Crippen molar-refractivity contribution in [1.82, 2.24) is 0 Å². The zero-order valence-corrected chi connectivity index (χ0v) is 20.4. The van der Waals surface area contributed by atoms with E-state index in [4.69, 9.17) is 0 Å². The third-order valence-electron chi connectivity index (χ3n) is 8.76. The highest BCUT2D eigenvalue weighted by atomic mass is 16.3. The number of hydrogen-bond acceptors (Lipinski definition) is 2. The maximum absolute atomic E-state index is 11.4. The molecule has 168 valence electrons. The molecule has 2 heteroatoms. The molecule has 0 bridgehead atoms. The molecule has 3 rings (SSSR count). The Morgan fingerprint density at radius 3 is 2.50 bits per heavy atom. The van der Waals surface area contributed by atoms with Crippen LogP contribution in [0.25, 0.3) is 6.08 Å². The van der Waals surface area contributed by atoms with Crippen molar-refractivity contribution >= 4 is 6.08 Å². The van der Waals surface area contributed by atoms with E-state index in [1.165, 1.54) is 36.0 Å². The van der Waals surface area contributed by atoms with Crippen LogP contribution in [0.5, 0.6) is 0 Å². The summed E-state index contributed by atoms with van der Waals surface area (Å²) in [7, 11) is 0. The third kappa shape index (κ3) is 4.70. The first-order chi connectivity index (χ1) is 13.8. The summed E-state index contributed by atoms with van der Waals surface area (Å²) in [6, 6.07) is 6.43. The second-order valence-electron chi connectivity index (χ2n) is 11.9. The van der Waals surface area contributed by atoms with Gasteiger partial charge in [0.15, 0.2) is 0 Å². The SMILES string of the molecule is Cc1ccc(C)c(/C=C/[C@](C)(O)CC[C@@H]2[C@@]3(C)CCCC(C)(C)[C@@H]3CC[C@@]2(C)O)c1. The molecule has 0 amide bonds. The van der Waals surface area contributed by atoms with Crippen molar-refractivity contribution in [2.45, 2.75) is 105 Å². The van der Waals surface area contributed by atoms with Crippen LogP contribution >= 0.6 is 0 Å². The van der Waals surface area contributed by atoms with Crippen LogP contribution in [0.15, 0.2) is 24.3 Å². The van der Waals surface area contributed by atoms with E-state index in [0.29, 0.717) is 17.8 Å². The summed E-state index contributed by atoms with van der Waals surface area (Å²) in [6.45, 7) is 15.4. The molecule has 0 saturated heterocycles. The van der Waals surface area contributed by atoms with E-state index in [1.54, 1.807) is 0 Å². The van der Waals surface area contributed by atoms with E-state index in [0.717, 1.165) is 19.3 Å². The average Bonchev–Trinajstić information content (AvgIpc) is 2.60. The Balaban J connectivity index is 1.77. The molecule has 0 unspecified atom stereocenters. The highest BCUT2D eigenvalue weighted by molar-refractivity contribution is 5.55. The van der Waals surface area contributed by atoms with Crippen LogP contribution in [-0.4, -0.2) is 21.4 Å². The Hall–Kier alpha value is -1.12. The van der Waals surface area contributed by atoms with E-state index in [2.05, 4.69) is 58.9 Å². The summed E-state index contributed by atoms with van der Waals surface area (Å²) in [5.41, 5.74) is 2.59. The van der Waals surface area contributed by atoms with Crippen LogP contribution in [0.3, 0.4) is 0 Å². The number of fused-ring (bicyclic) bond motifs is 1. The fourth-order valence-corrected chi connectivity index (χ4v) is 6.99. The van der Waals surface area contributed by atoms with Crippen molar-refractivity contribution in [2.24, 2.45) is 22.7 Å². The summed E-state index contributed by atoms with van der Waals surface area (Å²) in [6.07, 6.45) is 11.3. The highest BCUT2D eigenvalue weighted by Crippen LogP contribution is 2.63. The molecule has 0 aromatic heterocycles. The van der Waals surface area contributed by atoms with Gasteiger partial charge in [-0.1, -0.05) is 63.1 Å². The van der Waals surface area contributed by atoms with Crippen molar-refractivity contribution < 1.29 is 10.2 Å². The monoisotopic (exact) mass is 412 g/mol. The lowest BCUT2D eigenvalue weighted by atomic mass is 9.45. The molecule has 1 aromatic carbocycles. The van der Waals surface area contributed by atoms with Gasteiger partial charge < -0.3 is 10.2 Å². The summed E-state index contributed by atoms with van der Waals surface area (Å²) in [5.74, 6) is 0.878. The average molecular weight is 413 g/mol. The second-order valence-corrected chi connectivity index (χ2v) is 11.9. The van der Waals surface area contributed by atoms with E-state index in [9.17, 15) is 10.2 Å². The fourth-order valence-electron chi connectivity index (χ4n) is 6.99. The Bertz CT molecular complexity index is 786. The van der Waals surface area contributed by atoms with Crippen molar-refractivity contribution in [2.75, 3.05) is 0 Å². The molecule has 2 aliphatic rings. The van der Waals surface area contributed by atoms with Gasteiger partial charge in [-0.05, 0) is 100 Å². The van der Waals surface area contributed by atoms with Crippen LogP contribution in [0, 0.1) is 36.5 Å². The van der Waals surface area contributed by atoms with Gasteiger partial charge in [0.25, 0.3) is 0 Å². The van der Waals surface area contributed by atoms with Crippen molar-refractivity contribution in [3.05, 3.63) is 41.0 Å². The van der Waals surface area contributed by atoms with E-state index in [1.807, 2.05) is 19.9 Å². The number of aryl methyl sites for hydroxylation is 2. The Labute approximate surface area is 184 Å². The minimum absolute atomic E-state index is 0.149. The number of rotatable bonds is 5. The molecular weight excluding hydrogens is 368 g/mol. The number of aliphatic hydroxyl groups is 2. The second kappa shape index (κ2) is 8.10. The van der Waals surface area contributed by atoms with Gasteiger partial charge in [0, 0.05) is 0 Å².